The SMILES string of the molecule is CC(C)=CCC[C@]12CC[C@H]3C(C)(C)[C@H]4CC(=O)C=C(O1)C43C(=O)C2. The normalized spacial score (nSPS) is 41.6. The van der Waals surface area contributed by atoms with E-state index in [2.05, 4.69) is 33.8 Å². The van der Waals surface area contributed by atoms with E-state index in [0.717, 1.165) is 31.4 Å². The van der Waals surface area contributed by atoms with Crippen molar-refractivity contribution in [3.63, 3.8) is 0 Å². The molecule has 130 valence electrons. The Hall–Kier alpha value is -1.38. The molecule has 3 aliphatic carbocycles. The molecule has 0 N–H and O–H groups in total. The number of carbonyl (C=O) groups is 2. The van der Waals surface area contributed by atoms with E-state index in [-0.39, 0.29) is 17.1 Å². The van der Waals surface area contributed by atoms with Crippen molar-refractivity contribution in [3.8, 4) is 0 Å². The van der Waals surface area contributed by atoms with Crippen LogP contribution in [0, 0.1) is 22.7 Å². The zero-order valence-corrected chi connectivity index (χ0v) is 15.3. The largest absolute Gasteiger partial charge is 0.490 e. The first-order valence-corrected chi connectivity index (χ1v) is 9.33. The molecule has 3 nitrogen and oxygen atoms in total. The average Bonchev–Trinajstić information content (AvgIpc) is 2.67. The zero-order valence-electron chi connectivity index (χ0n) is 15.3. The summed E-state index contributed by atoms with van der Waals surface area (Å²) in [7, 11) is 0. The van der Waals surface area contributed by atoms with E-state index in [1.165, 1.54) is 5.57 Å². The van der Waals surface area contributed by atoms with Crippen LogP contribution < -0.4 is 0 Å². The predicted octanol–water partition coefficient (Wildman–Crippen LogP) is 4.37. The van der Waals surface area contributed by atoms with Gasteiger partial charge in [-0.3, -0.25) is 9.59 Å². The highest BCUT2D eigenvalue weighted by molar-refractivity contribution is 6.00. The van der Waals surface area contributed by atoms with E-state index in [1.54, 1.807) is 6.08 Å². The minimum Gasteiger partial charge on any atom is -0.490 e. The highest BCUT2D eigenvalue weighted by atomic mass is 16.5. The topological polar surface area (TPSA) is 43.4 Å². The van der Waals surface area contributed by atoms with Gasteiger partial charge in [-0.2, -0.15) is 0 Å². The van der Waals surface area contributed by atoms with Gasteiger partial charge in [0.05, 0.1) is 5.41 Å². The highest BCUT2D eigenvalue weighted by Crippen LogP contribution is 2.75. The van der Waals surface area contributed by atoms with Gasteiger partial charge in [0.25, 0.3) is 0 Å². The predicted molar refractivity (Wildman–Crippen MR) is 92.2 cm³/mol. The molecule has 2 aliphatic heterocycles. The maximum absolute atomic E-state index is 13.3. The summed E-state index contributed by atoms with van der Waals surface area (Å²) in [6, 6.07) is 0. The number of fused-ring (bicyclic) bond motifs is 2. The summed E-state index contributed by atoms with van der Waals surface area (Å²) in [4.78, 5) is 25.6. The zero-order chi connectivity index (χ0) is 17.3. The summed E-state index contributed by atoms with van der Waals surface area (Å²) >= 11 is 0. The number of ketones is 2. The number of rotatable bonds is 3. The van der Waals surface area contributed by atoms with Gasteiger partial charge >= 0.3 is 0 Å². The van der Waals surface area contributed by atoms with Crippen LogP contribution in [0.15, 0.2) is 23.5 Å². The van der Waals surface area contributed by atoms with Crippen molar-refractivity contribution < 1.29 is 14.3 Å². The fraction of sp³-hybridized carbons (Fsp3) is 0.714. The van der Waals surface area contributed by atoms with Gasteiger partial charge in [0.2, 0.25) is 0 Å². The van der Waals surface area contributed by atoms with E-state index in [0.29, 0.717) is 24.5 Å². The van der Waals surface area contributed by atoms with Crippen molar-refractivity contribution in [3.05, 3.63) is 23.5 Å². The van der Waals surface area contributed by atoms with Gasteiger partial charge in [0, 0.05) is 18.9 Å². The molecule has 3 heteroatoms. The van der Waals surface area contributed by atoms with Crippen molar-refractivity contribution >= 4 is 11.6 Å². The first kappa shape index (κ1) is 16.1. The Kier molecular flexibility index (Phi) is 3.24. The molecule has 2 saturated carbocycles. The molecule has 0 radical (unpaired) electrons. The summed E-state index contributed by atoms with van der Waals surface area (Å²) in [5.74, 6) is 1.65. The van der Waals surface area contributed by atoms with Crippen LogP contribution in [0.3, 0.4) is 0 Å². The number of hydrogen-bond acceptors (Lipinski definition) is 3. The number of Topliss-reactive ketones (excluding diaryl/α,β-unsaturated/α-hetero) is 1. The standard InChI is InChI=1S/C21H28O3/c1-13(2)6-5-8-20-9-7-15-19(3,4)16-10-14(22)11-18(24-20)21(15,16)17(23)12-20/h6,11,15-16H,5,7-10,12H2,1-4H3/t15-,16+,20+,21?/m0/s1. The Balaban J connectivity index is 1.75. The lowest BCUT2D eigenvalue weighted by atomic mass is 9.35. The first-order valence-electron chi connectivity index (χ1n) is 9.33. The number of hydrogen-bond donors (Lipinski definition) is 0. The monoisotopic (exact) mass is 328 g/mol. The van der Waals surface area contributed by atoms with Gasteiger partial charge in [-0.15, -0.1) is 0 Å². The molecule has 0 aromatic rings. The van der Waals surface area contributed by atoms with Crippen molar-refractivity contribution in [2.75, 3.05) is 0 Å². The van der Waals surface area contributed by atoms with E-state index in [4.69, 9.17) is 4.74 Å². The molecule has 2 saturated heterocycles. The van der Waals surface area contributed by atoms with E-state index in [1.807, 2.05) is 0 Å². The molecule has 0 aromatic carbocycles. The lowest BCUT2D eigenvalue weighted by Crippen LogP contribution is -2.69. The maximum Gasteiger partial charge on any atom is 0.159 e. The van der Waals surface area contributed by atoms with Crippen LogP contribution in [0.2, 0.25) is 0 Å². The molecule has 2 heterocycles. The number of carbonyl (C=O) groups excluding carboxylic acids is 2. The lowest BCUT2D eigenvalue weighted by Gasteiger charge is -2.67. The summed E-state index contributed by atoms with van der Waals surface area (Å²) < 4.78 is 6.50. The number of ether oxygens (including phenoxy) is 1. The van der Waals surface area contributed by atoms with E-state index in [9.17, 15) is 9.59 Å². The van der Waals surface area contributed by atoms with Crippen molar-refractivity contribution in [1.29, 1.82) is 0 Å². The summed E-state index contributed by atoms with van der Waals surface area (Å²) in [6.45, 7) is 8.68. The third-order valence-electron chi connectivity index (χ3n) is 7.31. The van der Waals surface area contributed by atoms with Gasteiger partial charge in [-0.05, 0) is 56.8 Å². The van der Waals surface area contributed by atoms with Crippen molar-refractivity contribution in [2.45, 2.75) is 71.8 Å². The molecule has 0 aromatic heterocycles. The second kappa shape index (κ2) is 4.83. The second-order valence-corrected chi connectivity index (χ2v) is 9.22. The van der Waals surface area contributed by atoms with E-state index < -0.39 is 11.0 Å². The van der Waals surface area contributed by atoms with Gasteiger partial charge < -0.3 is 4.74 Å². The minimum atomic E-state index is -0.478. The molecule has 0 amide bonds. The van der Waals surface area contributed by atoms with Crippen LogP contribution in [-0.2, 0) is 14.3 Å². The fourth-order valence-electron chi connectivity index (χ4n) is 6.24. The quantitative estimate of drug-likeness (QED) is 0.723. The lowest BCUT2D eigenvalue weighted by molar-refractivity contribution is -0.207. The third-order valence-corrected chi connectivity index (χ3v) is 7.31. The van der Waals surface area contributed by atoms with E-state index >= 15 is 0 Å². The molecule has 4 atom stereocenters. The molecule has 24 heavy (non-hydrogen) atoms. The smallest absolute Gasteiger partial charge is 0.159 e. The molecule has 1 spiro atoms. The Bertz CT molecular complexity index is 679. The molecule has 2 bridgehead atoms. The Morgan fingerprint density at radius 2 is 2.04 bits per heavy atom. The highest BCUT2D eigenvalue weighted by Gasteiger charge is 2.76. The fourth-order valence-corrected chi connectivity index (χ4v) is 6.24. The minimum absolute atomic E-state index is 0.0501. The summed E-state index contributed by atoms with van der Waals surface area (Å²) in [5, 5.41) is 0. The Morgan fingerprint density at radius 1 is 1.29 bits per heavy atom. The molecular weight excluding hydrogens is 300 g/mol. The second-order valence-electron chi connectivity index (χ2n) is 9.22. The van der Waals surface area contributed by atoms with Crippen LogP contribution in [0.1, 0.15) is 66.2 Å². The summed E-state index contributed by atoms with van der Waals surface area (Å²) in [6.07, 6.45) is 8.69. The van der Waals surface area contributed by atoms with Gasteiger partial charge in [-0.25, -0.2) is 0 Å². The van der Waals surface area contributed by atoms with Gasteiger partial charge in [0.15, 0.2) is 11.6 Å². The number of allylic oxidation sites excluding steroid dienone is 4. The van der Waals surface area contributed by atoms with Gasteiger partial charge in [0.1, 0.15) is 11.4 Å². The van der Waals surface area contributed by atoms with Crippen LogP contribution in [0.5, 0.6) is 0 Å². The average molecular weight is 328 g/mol. The van der Waals surface area contributed by atoms with Gasteiger partial charge in [-0.1, -0.05) is 25.5 Å². The van der Waals surface area contributed by atoms with Crippen LogP contribution in [-0.4, -0.2) is 17.2 Å². The summed E-state index contributed by atoms with van der Waals surface area (Å²) in [5.41, 5.74) is 0.477. The van der Waals surface area contributed by atoms with Crippen LogP contribution in [0.25, 0.3) is 0 Å². The van der Waals surface area contributed by atoms with Crippen LogP contribution >= 0.6 is 0 Å². The molecular formula is C21H28O3. The molecule has 5 aliphatic rings. The molecule has 4 fully saturated rings. The van der Waals surface area contributed by atoms with Crippen LogP contribution in [0.4, 0.5) is 0 Å². The molecule has 1 unspecified atom stereocenters. The third kappa shape index (κ3) is 1.84. The van der Waals surface area contributed by atoms with Crippen molar-refractivity contribution in [2.24, 2.45) is 22.7 Å². The van der Waals surface area contributed by atoms with Crippen molar-refractivity contribution in [1.82, 2.24) is 0 Å². The Labute approximate surface area is 144 Å². The molecule has 5 rings (SSSR count). The first-order chi connectivity index (χ1) is 11.2. The maximum atomic E-state index is 13.3. The Morgan fingerprint density at radius 3 is 2.75 bits per heavy atom.